The molecule has 3 nitrogen and oxygen atoms in total. The van der Waals surface area contributed by atoms with Gasteiger partial charge in [0, 0.05) is 0 Å². The number of carboxylic acid groups (broad SMARTS) is 1. The Labute approximate surface area is 214 Å². The average molecular weight is 514 g/mol. The third-order valence-corrected chi connectivity index (χ3v) is 7.36. The molecule has 7 heteroatoms. The molecule has 0 bridgehead atoms. The number of piperidine rings is 1. The van der Waals surface area contributed by atoms with Crippen LogP contribution in [-0.2, 0) is 11.0 Å². The van der Waals surface area contributed by atoms with Crippen molar-refractivity contribution >= 4 is 5.97 Å². The Morgan fingerprint density at radius 3 is 2.16 bits per heavy atom. The number of rotatable bonds is 7. The van der Waals surface area contributed by atoms with Gasteiger partial charge in [0.25, 0.3) is 0 Å². The van der Waals surface area contributed by atoms with Crippen LogP contribution in [0.5, 0.6) is 0 Å². The third-order valence-electron chi connectivity index (χ3n) is 7.36. The van der Waals surface area contributed by atoms with E-state index in [0.29, 0.717) is 41.3 Å². The molecule has 1 aliphatic heterocycles. The van der Waals surface area contributed by atoms with E-state index >= 15 is 0 Å². The molecule has 0 aliphatic carbocycles. The average Bonchev–Trinajstić information content (AvgIpc) is 2.87. The highest BCUT2D eigenvalue weighted by atomic mass is 19.4. The lowest BCUT2D eigenvalue weighted by Crippen LogP contribution is -2.37. The van der Waals surface area contributed by atoms with Crippen molar-refractivity contribution in [2.24, 2.45) is 5.92 Å². The molecule has 1 heterocycles. The molecule has 0 amide bonds. The van der Waals surface area contributed by atoms with E-state index < -0.39 is 35.5 Å². The van der Waals surface area contributed by atoms with E-state index in [2.05, 4.69) is 11.8 Å². The Balaban J connectivity index is 2.03. The van der Waals surface area contributed by atoms with Crippen molar-refractivity contribution in [1.29, 1.82) is 0 Å². The fraction of sp³-hybridized carbons (Fsp3) is 0.367. The fourth-order valence-electron chi connectivity index (χ4n) is 5.31. The van der Waals surface area contributed by atoms with Crippen molar-refractivity contribution in [3.8, 4) is 11.1 Å². The van der Waals surface area contributed by atoms with E-state index in [1.807, 2.05) is 18.2 Å². The number of likely N-dealkylation sites (tertiary alicyclic amines) is 1. The lowest BCUT2D eigenvalue weighted by molar-refractivity contribution is -0.141. The Kier molecular flexibility index (Phi) is 8.02. The first kappa shape index (κ1) is 26.9. The first-order valence-electron chi connectivity index (χ1n) is 12.6. The van der Waals surface area contributed by atoms with Gasteiger partial charge in [-0.2, -0.15) is 13.2 Å². The van der Waals surface area contributed by atoms with Gasteiger partial charge in [0.2, 0.25) is 0 Å². The van der Waals surface area contributed by atoms with Gasteiger partial charge >= 0.3 is 12.1 Å². The highest BCUT2D eigenvalue weighted by molar-refractivity contribution is 5.79. The number of carbonyl (C=O) groups is 1. The number of carboxylic acids is 1. The monoisotopic (exact) mass is 513 g/mol. The Hall–Kier alpha value is -3.19. The molecule has 0 aromatic heterocycles. The Bertz CT molecular complexity index is 1220. The zero-order valence-electron chi connectivity index (χ0n) is 20.9. The van der Waals surface area contributed by atoms with Crippen LogP contribution in [0.3, 0.4) is 0 Å². The number of benzene rings is 3. The molecule has 1 aliphatic rings. The van der Waals surface area contributed by atoms with E-state index in [0.717, 1.165) is 18.9 Å². The van der Waals surface area contributed by atoms with E-state index in [1.54, 1.807) is 31.2 Å². The summed E-state index contributed by atoms with van der Waals surface area (Å²) in [6, 6.07) is 17.0. The van der Waals surface area contributed by atoms with Crippen molar-refractivity contribution in [2.75, 3.05) is 13.1 Å². The molecule has 0 radical (unpaired) electrons. The summed E-state index contributed by atoms with van der Waals surface area (Å²) < 4.78 is 57.3. The van der Waals surface area contributed by atoms with E-state index in [-0.39, 0.29) is 12.0 Å². The highest BCUT2D eigenvalue weighted by Crippen LogP contribution is 2.45. The molecular formula is C30H31F4NO2. The van der Waals surface area contributed by atoms with Gasteiger partial charge in [0.15, 0.2) is 0 Å². The summed E-state index contributed by atoms with van der Waals surface area (Å²) in [7, 11) is 0. The molecule has 37 heavy (non-hydrogen) atoms. The number of nitrogens with zero attached hydrogens (tertiary/aromatic N) is 1. The van der Waals surface area contributed by atoms with Crippen LogP contribution in [0.15, 0.2) is 66.7 Å². The number of hydrogen-bond acceptors (Lipinski definition) is 2. The first-order valence-corrected chi connectivity index (χ1v) is 12.6. The zero-order chi connectivity index (χ0) is 26.7. The largest absolute Gasteiger partial charge is 0.481 e. The summed E-state index contributed by atoms with van der Waals surface area (Å²) in [4.78, 5) is 14.2. The molecule has 0 unspecified atom stereocenters. The van der Waals surface area contributed by atoms with Crippen LogP contribution in [0, 0.1) is 11.7 Å². The Morgan fingerprint density at radius 1 is 1.00 bits per heavy atom. The van der Waals surface area contributed by atoms with Gasteiger partial charge in [-0.05, 0) is 90.4 Å². The number of hydrogen-bond donors (Lipinski definition) is 1. The van der Waals surface area contributed by atoms with Gasteiger partial charge < -0.3 is 5.11 Å². The molecule has 1 N–H and O–H groups in total. The number of aliphatic carboxylic acids is 1. The van der Waals surface area contributed by atoms with Crippen molar-refractivity contribution in [3.05, 3.63) is 94.8 Å². The van der Waals surface area contributed by atoms with Gasteiger partial charge in [-0.3, -0.25) is 9.69 Å². The summed E-state index contributed by atoms with van der Waals surface area (Å²) >= 11 is 0. The SMILES string of the molecule is CC[C@@H](C(=O)O)c1cc(-c2ccccc2)c([C@@H](c2ccc(F)cc2)N2CCC(C)CC2)cc1C(F)(F)F. The lowest BCUT2D eigenvalue weighted by Gasteiger charge is -2.38. The van der Waals surface area contributed by atoms with Crippen LogP contribution >= 0.6 is 0 Å². The topological polar surface area (TPSA) is 40.5 Å². The quantitative estimate of drug-likeness (QED) is 0.326. The van der Waals surface area contributed by atoms with Gasteiger partial charge in [-0.25, -0.2) is 4.39 Å². The maximum atomic E-state index is 14.5. The second-order valence-electron chi connectivity index (χ2n) is 9.86. The van der Waals surface area contributed by atoms with Crippen molar-refractivity contribution in [1.82, 2.24) is 4.90 Å². The van der Waals surface area contributed by atoms with Crippen LogP contribution in [0.4, 0.5) is 17.6 Å². The molecule has 196 valence electrons. The smallest absolute Gasteiger partial charge is 0.416 e. The van der Waals surface area contributed by atoms with Crippen LogP contribution in [0.1, 0.15) is 67.3 Å². The van der Waals surface area contributed by atoms with Crippen molar-refractivity contribution in [2.45, 2.75) is 51.2 Å². The van der Waals surface area contributed by atoms with Crippen LogP contribution in [0.25, 0.3) is 11.1 Å². The maximum Gasteiger partial charge on any atom is 0.416 e. The molecular weight excluding hydrogens is 482 g/mol. The second kappa shape index (κ2) is 11.1. The molecule has 3 aromatic rings. The number of halogens is 4. The van der Waals surface area contributed by atoms with Crippen LogP contribution < -0.4 is 0 Å². The fourth-order valence-corrected chi connectivity index (χ4v) is 5.31. The van der Waals surface area contributed by atoms with Gasteiger partial charge in [-0.1, -0.05) is 56.3 Å². The van der Waals surface area contributed by atoms with Crippen LogP contribution in [0.2, 0.25) is 0 Å². The molecule has 2 atom stereocenters. The summed E-state index contributed by atoms with van der Waals surface area (Å²) in [6.07, 6.45) is -2.91. The van der Waals surface area contributed by atoms with E-state index in [4.69, 9.17) is 0 Å². The maximum absolute atomic E-state index is 14.5. The Morgan fingerprint density at radius 2 is 1.62 bits per heavy atom. The predicted octanol–water partition coefficient (Wildman–Crippen LogP) is 7.91. The molecule has 1 fully saturated rings. The molecule has 0 saturated carbocycles. The van der Waals surface area contributed by atoms with E-state index in [9.17, 15) is 27.5 Å². The predicted molar refractivity (Wildman–Crippen MR) is 136 cm³/mol. The summed E-state index contributed by atoms with van der Waals surface area (Å²) in [5.74, 6) is -2.50. The minimum atomic E-state index is -4.74. The first-order chi connectivity index (χ1) is 17.6. The normalized spacial score (nSPS) is 16.9. The lowest BCUT2D eigenvalue weighted by atomic mass is 9.82. The summed E-state index contributed by atoms with van der Waals surface area (Å²) in [5, 5.41) is 9.78. The minimum absolute atomic E-state index is 0.0252. The summed E-state index contributed by atoms with van der Waals surface area (Å²) in [6.45, 7) is 5.11. The minimum Gasteiger partial charge on any atom is -0.481 e. The standard InChI is InChI=1S/C30H31F4NO2/c1-3-23(29(36)37)25-17-24(20-7-5-4-6-8-20)26(18-27(25)30(32,33)34)28(21-9-11-22(31)12-10-21)35-15-13-19(2)14-16-35/h4-12,17-19,23,28H,3,13-16H2,1-2H3,(H,36,37)/t23-,28-/m1/s1. The molecule has 4 rings (SSSR count). The molecule has 0 spiro atoms. The molecule has 1 saturated heterocycles. The van der Waals surface area contributed by atoms with Crippen LogP contribution in [-0.4, -0.2) is 29.1 Å². The summed E-state index contributed by atoms with van der Waals surface area (Å²) in [5.41, 5.74) is 1.20. The van der Waals surface area contributed by atoms with Crippen molar-refractivity contribution < 1.29 is 27.5 Å². The zero-order valence-corrected chi connectivity index (χ0v) is 20.9. The van der Waals surface area contributed by atoms with E-state index in [1.165, 1.54) is 18.2 Å². The van der Waals surface area contributed by atoms with Crippen molar-refractivity contribution in [3.63, 3.8) is 0 Å². The second-order valence-corrected chi connectivity index (χ2v) is 9.86. The van der Waals surface area contributed by atoms with Gasteiger partial charge in [0.05, 0.1) is 17.5 Å². The molecule has 3 aromatic carbocycles. The highest BCUT2D eigenvalue weighted by Gasteiger charge is 2.39. The van der Waals surface area contributed by atoms with Gasteiger partial charge in [0.1, 0.15) is 5.82 Å². The number of alkyl halides is 3. The third kappa shape index (κ3) is 5.87. The van der Waals surface area contributed by atoms with Gasteiger partial charge in [-0.15, -0.1) is 0 Å².